The normalized spacial score (nSPS) is 12.5. The number of thiazole rings is 1. The van der Waals surface area contributed by atoms with Crippen molar-refractivity contribution in [3.05, 3.63) is 107 Å². The van der Waals surface area contributed by atoms with Gasteiger partial charge < -0.3 is 19.1 Å². The lowest BCUT2D eigenvalue weighted by Gasteiger charge is -2.25. The van der Waals surface area contributed by atoms with Gasteiger partial charge in [0.2, 0.25) is 0 Å². The highest BCUT2D eigenvalue weighted by Gasteiger charge is 2.20. The first-order chi connectivity index (χ1) is 17.3. The average Bonchev–Trinajstić information content (AvgIpc) is 3.44. The maximum atomic E-state index is 13.7. The van der Waals surface area contributed by atoms with Crippen molar-refractivity contribution in [3.8, 4) is 17.2 Å². The summed E-state index contributed by atoms with van der Waals surface area (Å²) in [5.74, 6) is 1.80. The zero-order chi connectivity index (χ0) is 23.9. The number of aromatic nitrogens is 1. The van der Waals surface area contributed by atoms with E-state index < -0.39 is 0 Å². The zero-order valence-corrected chi connectivity index (χ0v) is 19.8. The molecule has 6 nitrogen and oxygen atoms in total. The molecule has 0 unspecified atom stereocenters. The first kappa shape index (κ1) is 22.7. The third kappa shape index (κ3) is 5.70. The third-order valence-corrected chi connectivity index (χ3v) is 6.07. The predicted octanol–water partition coefficient (Wildman–Crippen LogP) is 5.85. The molecule has 0 bridgehead atoms. The van der Waals surface area contributed by atoms with Gasteiger partial charge in [-0.3, -0.25) is 4.79 Å². The second kappa shape index (κ2) is 10.9. The topological polar surface area (TPSA) is 60.9 Å². The molecule has 1 aliphatic rings. The van der Waals surface area contributed by atoms with Gasteiger partial charge in [0, 0.05) is 29.2 Å². The molecule has 0 saturated carbocycles. The fourth-order valence-electron chi connectivity index (χ4n) is 3.70. The third-order valence-electron chi connectivity index (χ3n) is 5.43. The number of anilines is 1. The summed E-state index contributed by atoms with van der Waals surface area (Å²) in [4.78, 5) is 19.7. The summed E-state index contributed by atoms with van der Waals surface area (Å²) in [6.07, 6.45) is 3.98. The first-order valence-electron chi connectivity index (χ1n) is 11.3. The summed E-state index contributed by atoms with van der Waals surface area (Å²) in [6, 6.07) is 22.8. The van der Waals surface area contributed by atoms with Crippen LogP contribution < -0.4 is 19.1 Å². The lowest BCUT2D eigenvalue weighted by molar-refractivity contribution is 0.0989. The highest BCUT2D eigenvalue weighted by Crippen LogP contribution is 2.34. The summed E-state index contributed by atoms with van der Waals surface area (Å²) in [5, 5.41) is 1.94. The summed E-state index contributed by atoms with van der Waals surface area (Å²) < 4.78 is 17.3. The number of hydrogen-bond acceptors (Lipinski definition) is 6. The van der Waals surface area contributed by atoms with Crippen LogP contribution in [0.5, 0.6) is 17.2 Å². The molecule has 176 valence electrons. The monoisotopic (exact) mass is 484 g/mol. The van der Waals surface area contributed by atoms with E-state index in [1.54, 1.807) is 22.5 Å². The van der Waals surface area contributed by atoms with Crippen LogP contribution in [0.3, 0.4) is 0 Å². The van der Waals surface area contributed by atoms with Gasteiger partial charge >= 0.3 is 0 Å². The molecule has 2 heterocycles. The molecule has 7 heteroatoms. The van der Waals surface area contributed by atoms with E-state index in [1.807, 2.05) is 78.2 Å². The Kier molecular flexibility index (Phi) is 7.05. The van der Waals surface area contributed by atoms with Crippen molar-refractivity contribution in [1.82, 2.24) is 4.98 Å². The molecule has 1 aliphatic heterocycles. The number of amides is 1. The van der Waals surface area contributed by atoms with Crippen molar-refractivity contribution in [3.63, 3.8) is 0 Å². The van der Waals surface area contributed by atoms with Crippen LogP contribution >= 0.6 is 11.3 Å². The minimum absolute atomic E-state index is 0.140. The van der Waals surface area contributed by atoms with Crippen molar-refractivity contribution in [2.24, 2.45) is 0 Å². The number of rotatable bonds is 8. The average molecular weight is 485 g/mol. The Morgan fingerprint density at radius 3 is 2.69 bits per heavy atom. The Hall–Kier alpha value is -4.10. The van der Waals surface area contributed by atoms with Crippen LogP contribution in [0.1, 0.15) is 21.6 Å². The summed E-state index contributed by atoms with van der Waals surface area (Å²) >= 11 is 1.52. The van der Waals surface area contributed by atoms with Gasteiger partial charge in [0.05, 0.1) is 11.2 Å². The summed E-state index contributed by atoms with van der Waals surface area (Å²) in [5.41, 5.74) is 4.96. The molecule has 0 radical (unpaired) electrons. The lowest BCUT2D eigenvalue weighted by atomic mass is 10.1. The van der Waals surface area contributed by atoms with E-state index in [4.69, 9.17) is 14.2 Å². The molecule has 1 aromatic heterocycles. The molecule has 35 heavy (non-hydrogen) atoms. The van der Waals surface area contributed by atoms with E-state index in [0.29, 0.717) is 49.2 Å². The summed E-state index contributed by atoms with van der Waals surface area (Å²) in [7, 11) is 0. The molecule has 0 spiro atoms. The number of fused-ring (bicyclic) bond motifs is 1. The maximum absolute atomic E-state index is 13.7. The molecule has 0 aliphatic carbocycles. The Labute approximate surface area is 208 Å². The number of ether oxygens (including phenoxy) is 3. The number of carbonyl (C=O) groups is 1. The molecule has 0 atom stereocenters. The Bertz CT molecular complexity index is 1310. The van der Waals surface area contributed by atoms with E-state index in [-0.39, 0.29) is 5.91 Å². The molecule has 0 saturated heterocycles. The van der Waals surface area contributed by atoms with Crippen molar-refractivity contribution in [1.29, 1.82) is 0 Å². The van der Waals surface area contributed by atoms with E-state index in [9.17, 15) is 4.79 Å². The van der Waals surface area contributed by atoms with Crippen molar-refractivity contribution in [2.75, 3.05) is 24.7 Å². The van der Waals surface area contributed by atoms with Crippen molar-refractivity contribution in [2.45, 2.75) is 6.61 Å². The molecule has 0 N–H and O–H groups in total. The van der Waals surface area contributed by atoms with E-state index in [2.05, 4.69) is 4.98 Å². The number of nitrogens with zero attached hydrogens (tertiary/aromatic N) is 2. The van der Waals surface area contributed by atoms with E-state index in [0.717, 1.165) is 16.9 Å². The Morgan fingerprint density at radius 2 is 1.86 bits per heavy atom. The Morgan fingerprint density at radius 1 is 1.00 bits per heavy atom. The van der Waals surface area contributed by atoms with Gasteiger partial charge in [0.25, 0.3) is 5.91 Å². The van der Waals surface area contributed by atoms with Crippen molar-refractivity contribution < 1.29 is 19.0 Å². The van der Waals surface area contributed by atoms with Crippen LogP contribution in [-0.2, 0) is 6.61 Å². The molecular formula is C28H24N2O4S. The maximum Gasteiger partial charge on any atom is 0.258 e. The molecule has 0 fully saturated rings. The highest BCUT2D eigenvalue weighted by atomic mass is 32.1. The fraction of sp³-hybridized carbons (Fsp3) is 0.143. The molecule has 3 aromatic carbocycles. The molecular weight excluding hydrogens is 460 g/mol. The van der Waals surface area contributed by atoms with Crippen LogP contribution in [0.25, 0.3) is 6.08 Å². The molecule has 1 amide bonds. The minimum atomic E-state index is -0.140. The van der Waals surface area contributed by atoms with Crippen molar-refractivity contribution >= 4 is 29.0 Å². The lowest BCUT2D eigenvalue weighted by Crippen LogP contribution is -2.31. The SMILES string of the molecule is O=C(c1cccc(OCc2cscn2)c1)N(C/C=C/c1ccccc1)c1ccc2c(c1)OCCO2. The second-order valence-corrected chi connectivity index (χ2v) is 8.57. The zero-order valence-electron chi connectivity index (χ0n) is 19.0. The fourth-order valence-corrected chi connectivity index (χ4v) is 4.25. The minimum Gasteiger partial charge on any atom is -0.487 e. The second-order valence-electron chi connectivity index (χ2n) is 7.85. The highest BCUT2D eigenvalue weighted by molar-refractivity contribution is 7.07. The van der Waals surface area contributed by atoms with E-state index >= 15 is 0 Å². The van der Waals surface area contributed by atoms with Gasteiger partial charge in [0.1, 0.15) is 25.6 Å². The largest absolute Gasteiger partial charge is 0.487 e. The predicted molar refractivity (Wildman–Crippen MR) is 137 cm³/mol. The van der Waals surface area contributed by atoms with Gasteiger partial charge in [-0.05, 0) is 35.9 Å². The van der Waals surface area contributed by atoms with Crippen LogP contribution in [0, 0.1) is 0 Å². The molecule has 5 rings (SSSR count). The van der Waals surface area contributed by atoms with Crippen LogP contribution in [-0.4, -0.2) is 30.6 Å². The number of carbonyl (C=O) groups excluding carboxylic acids is 1. The van der Waals surface area contributed by atoms with Crippen LogP contribution in [0.4, 0.5) is 5.69 Å². The van der Waals surface area contributed by atoms with Gasteiger partial charge in [0.15, 0.2) is 11.5 Å². The Balaban J connectivity index is 1.40. The van der Waals surface area contributed by atoms with Crippen LogP contribution in [0.15, 0.2) is 89.8 Å². The quantitative estimate of drug-likeness (QED) is 0.314. The standard InChI is InChI=1S/C28H24N2O4S/c31-28(22-9-4-10-25(16-22)34-18-23-19-35-20-29-23)30(13-5-8-21-6-2-1-3-7-21)24-11-12-26-27(17-24)33-15-14-32-26/h1-12,16-17,19-20H,13-15,18H2/b8-5+. The van der Waals surface area contributed by atoms with Gasteiger partial charge in [-0.25, -0.2) is 4.98 Å². The summed E-state index contributed by atoms with van der Waals surface area (Å²) in [6.45, 7) is 1.74. The van der Waals surface area contributed by atoms with Gasteiger partial charge in [-0.1, -0.05) is 48.6 Å². The van der Waals surface area contributed by atoms with Gasteiger partial charge in [-0.15, -0.1) is 11.3 Å². The smallest absolute Gasteiger partial charge is 0.258 e. The van der Waals surface area contributed by atoms with Gasteiger partial charge in [-0.2, -0.15) is 0 Å². The van der Waals surface area contributed by atoms with Crippen LogP contribution in [0.2, 0.25) is 0 Å². The van der Waals surface area contributed by atoms with E-state index in [1.165, 1.54) is 11.3 Å². The molecule has 4 aromatic rings. The number of hydrogen-bond donors (Lipinski definition) is 0. The number of benzene rings is 3. The first-order valence-corrected chi connectivity index (χ1v) is 12.2.